The number of rotatable bonds is 6. The fourth-order valence-corrected chi connectivity index (χ4v) is 3.09. The molecule has 0 aliphatic rings. The monoisotopic (exact) mass is 348 g/mol. The van der Waals surface area contributed by atoms with Crippen molar-refractivity contribution in [1.29, 1.82) is 0 Å². The summed E-state index contributed by atoms with van der Waals surface area (Å²) in [6.07, 6.45) is 2.93. The van der Waals surface area contributed by atoms with Crippen LogP contribution < -0.4 is 10.6 Å². The van der Waals surface area contributed by atoms with Gasteiger partial charge in [0.05, 0.1) is 6.54 Å². The first-order valence-corrected chi connectivity index (χ1v) is 8.90. The number of guanidine groups is 1. The van der Waals surface area contributed by atoms with Gasteiger partial charge in [0, 0.05) is 30.1 Å². The van der Waals surface area contributed by atoms with Gasteiger partial charge in [-0.15, -0.1) is 11.3 Å². The maximum atomic E-state index is 13.4. The van der Waals surface area contributed by atoms with Crippen molar-refractivity contribution in [1.82, 2.24) is 15.6 Å². The Kier molecular flexibility index (Phi) is 6.31. The number of hydrogen-bond donors (Lipinski definition) is 2. The first-order valence-electron chi connectivity index (χ1n) is 8.08. The fourth-order valence-electron chi connectivity index (χ4n) is 2.29. The second kappa shape index (κ2) is 8.24. The standard InChI is InChI=1S/C18H25FN4S/c1-5-15-10-21-16(24-15)11-22-17(20-4)23-12-18(2,3)13-7-6-8-14(19)9-13/h6-10H,5,11-12H2,1-4H3,(H2,20,22,23). The maximum Gasteiger partial charge on any atom is 0.191 e. The predicted octanol–water partition coefficient (Wildman–Crippen LogP) is 3.49. The molecule has 0 spiro atoms. The lowest BCUT2D eigenvalue weighted by Gasteiger charge is -2.26. The van der Waals surface area contributed by atoms with Gasteiger partial charge in [-0.2, -0.15) is 0 Å². The molecule has 0 saturated heterocycles. The number of hydrogen-bond acceptors (Lipinski definition) is 3. The highest BCUT2D eigenvalue weighted by atomic mass is 32.1. The Morgan fingerprint density at radius 2 is 2.12 bits per heavy atom. The highest BCUT2D eigenvalue weighted by Gasteiger charge is 2.21. The molecule has 0 fully saturated rings. The molecule has 1 aromatic heterocycles. The van der Waals surface area contributed by atoms with Crippen molar-refractivity contribution >= 4 is 17.3 Å². The molecule has 1 heterocycles. The topological polar surface area (TPSA) is 49.3 Å². The van der Waals surface area contributed by atoms with Crippen LogP contribution in [0.2, 0.25) is 0 Å². The van der Waals surface area contributed by atoms with Crippen LogP contribution in [0.1, 0.15) is 36.2 Å². The summed E-state index contributed by atoms with van der Waals surface area (Å²) < 4.78 is 13.4. The summed E-state index contributed by atoms with van der Waals surface area (Å²) in [5.74, 6) is 0.506. The summed E-state index contributed by atoms with van der Waals surface area (Å²) in [4.78, 5) is 9.91. The van der Waals surface area contributed by atoms with Crippen molar-refractivity contribution in [2.45, 2.75) is 39.2 Å². The Balaban J connectivity index is 1.90. The van der Waals surface area contributed by atoms with Gasteiger partial charge < -0.3 is 10.6 Å². The van der Waals surface area contributed by atoms with E-state index in [9.17, 15) is 4.39 Å². The van der Waals surface area contributed by atoms with Gasteiger partial charge in [-0.25, -0.2) is 9.37 Å². The number of benzene rings is 1. The highest BCUT2D eigenvalue weighted by Crippen LogP contribution is 2.22. The summed E-state index contributed by atoms with van der Waals surface area (Å²) in [6.45, 7) is 7.57. The minimum absolute atomic E-state index is 0.210. The molecule has 0 atom stereocenters. The molecule has 6 heteroatoms. The van der Waals surface area contributed by atoms with E-state index in [0.29, 0.717) is 19.0 Å². The van der Waals surface area contributed by atoms with Crippen LogP contribution in [0.15, 0.2) is 35.5 Å². The van der Waals surface area contributed by atoms with Crippen molar-refractivity contribution < 1.29 is 4.39 Å². The summed E-state index contributed by atoms with van der Waals surface area (Å²) in [6, 6.07) is 6.74. The number of aromatic nitrogens is 1. The van der Waals surface area contributed by atoms with Gasteiger partial charge in [-0.05, 0) is 24.1 Å². The van der Waals surface area contributed by atoms with Gasteiger partial charge in [-0.3, -0.25) is 4.99 Å². The first kappa shape index (κ1) is 18.4. The van der Waals surface area contributed by atoms with Crippen molar-refractivity contribution in [3.63, 3.8) is 0 Å². The molecule has 0 radical (unpaired) electrons. The van der Waals surface area contributed by atoms with E-state index in [1.165, 1.54) is 10.9 Å². The van der Waals surface area contributed by atoms with E-state index < -0.39 is 0 Å². The van der Waals surface area contributed by atoms with E-state index in [4.69, 9.17) is 0 Å². The molecular weight excluding hydrogens is 323 g/mol. The Bertz CT molecular complexity index is 694. The van der Waals surface area contributed by atoms with E-state index in [1.807, 2.05) is 12.3 Å². The molecule has 4 nitrogen and oxygen atoms in total. The van der Waals surface area contributed by atoms with Crippen LogP contribution in [-0.2, 0) is 18.4 Å². The SMILES string of the molecule is CCc1cnc(CNC(=NC)NCC(C)(C)c2cccc(F)c2)s1. The molecule has 24 heavy (non-hydrogen) atoms. The molecular formula is C18H25FN4S. The van der Waals surface area contributed by atoms with Crippen LogP contribution in [0.25, 0.3) is 0 Å². The zero-order valence-electron chi connectivity index (χ0n) is 14.7. The second-order valence-corrected chi connectivity index (χ2v) is 7.45. The van der Waals surface area contributed by atoms with Crippen LogP contribution in [0.4, 0.5) is 4.39 Å². The lowest BCUT2D eigenvalue weighted by molar-refractivity contribution is 0.503. The normalized spacial score (nSPS) is 12.3. The number of thiazole rings is 1. The zero-order valence-corrected chi connectivity index (χ0v) is 15.5. The maximum absolute atomic E-state index is 13.4. The number of halogens is 1. The predicted molar refractivity (Wildman–Crippen MR) is 99.1 cm³/mol. The quantitative estimate of drug-likeness (QED) is 0.621. The fraction of sp³-hybridized carbons (Fsp3) is 0.444. The van der Waals surface area contributed by atoms with E-state index in [0.717, 1.165) is 17.0 Å². The van der Waals surface area contributed by atoms with Gasteiger partial charge in [0.1, 0.15) is 10.8 Å². The molecule has 0 unspecified atom stereocenters. The molecule has 0 amide bonds. The van der Waals surface area contributed by atoms with Crippen LogP contribution in [0.3, 0.4) is 0 Å². The van der Waals surface area contributed by atoms with Gasteiger partial charge in [0.25, 0.3) is 0 Å². The van der Waals surface area contributed by atoms with E-state index in [1.54, 1.807) is 30.5 Å². The zero-order chi connectivity index (χ0) is 17.6. The summed E-state index contributed by atoms with van der Waals surface area (Å²) in [7, 11) is 1.74. The molecule has 2 N–H and O–H groups in total. The van der Waals surface area contributed by atoms with Gasteiger partial charge >= 0.3 is 0 Å². The van der Waals surface area contributed by atoms with Crippen molar-refractivity contribution in [3.8, 4) is 0 Å². The Morgan fingerprint density at radius 3 is 2.75 bits per heavy atom. The Morgan fingerprint density at radius 1 is 1.33 bits per heavy atom. The molecule has 0 bridgehead atoms. The largest absolute Gasteiger partial charge is 0.356 e. The van der Waals surface area contributed by atoms with Crippen LogP contribution in [0.5, 0.6) is 0 Å². The highest BCUT2D eigenvalue weighted by molar-refractivity contribution is 7.11. The Labute approximate surface area is 147 Å². The summed E-state index contributed by atoms with van der Waals surface area (Å²) >= 11 is 1.71. The molecule has 130 valence electrons. The lowest BCUT2D eigenvalue weighted by atomic mass is 9.84. The van der Waals surface area contributed by atoms with Crippen LogP contribution >= 0.6 is 11.3 Å². The molecule has 0 aliphatic carbocycles. The molecule has 2 aromatic rings. The summed E-state index contributed by atoms with van der Waals surface area (Å²) in [5, 5.41) is 7.62. The number of nitrogens with one attached hydrogen (secondary N) is 2. The van der Waals surface area contributed by atoms with Crippen molar-refractivity contribution in [2.75, 3.05) is 13.6 Å². The third-order valence-electron chi connectivity index (χ3n) is 3.88. The summed E-state index contributed by atoms with van der Waals surface area (Å²) in [5.41, 5.74) is 0.744. The minimum atomic E-state index is -0.212. The Hall–Kier alpha value is -1.95. The number of aryl methyl sites for hydroxylation is 1. The average Bonchev–Trinajstić information content (AvgIpc) is 3.03. The third-order valence-corrected chi connectivity index (χ3v) is 5.03. The molecule has 0 saturated carbocycles. The van der Waals surface area contributed by atoms with Crippen molar-refractivity contribution in [2.24, 2.45) is 4.99 Å². The lowest BCUT2D eigenvalue weighted by Crippen LogP contribution is -2.43. The van der Waals surface area contributed by atoms with E-state index in [-0.39, 0.29) is 11.2 Å². The van der Waals surface area contributed by atoms with E-state index in [2.05, 4.69) is 41.4 Å². The van der Waals surface area contributed by atoms with Crippen molar-refractivity contribution in [3.05, 3.63) is 51.7 Å². The van der Waals surface area contributed by atoms with E-state index >= 15 is 0 Å². The van der Waals surface area contributed by atoms with Gasteiger partial charge in [-0.1, -0.05) is 32.9 Å². The third kappa shape index (κ3) is 5.03. The second-order valence-electron chi connectivity index (χ2n) is 6.25. The molecule has 1 aromatic carbocycles. The minimum Gasteiger partial charge on any atom is -0.356 e. The molecule has 2 rings (SSSR count). The van der Waals surface area contributed by atoms with Gasteiger partial charge in [0.2, 0.25) is 0 Å². The smallest absolute Gasteiger partial charge is 0.191 e. The van der Waals surface area contributed by atoms with Gasteiger partial charge in [0.15, 0.2) is 5.96 Å². The van der Waals surface area contributed by atoms with Crippen LogP contribution in [-0.4, -0.2) is 24.5 Å². The number of aliphatic imine (C=N–C) groups is 1. The average molecular weight is 348 g/mol. The first-order chi connectivity index (χ1) is 11.4. The number of nitrogens with zero attached hydrogens (tertiary/aromatic N) is 2. The van der Waals surface area contributed by atoms with Crippen LogP contribution in [0, 0.1) is 5.82 Å². The molecule has 0 aliphatic heterocycles.